The van der Waals surface area contributed by atoms with Crippen molar-refractivity contribution in [1.82, 2.24) is 20.3 Å². The van der Waals surface area contributed by atoms with Crippen LogP contribution in [0.25, 0.3) is 21.9 Å². The van der Waals surface area contributed by atoms with Gasteiger partial charge in [0, 0.05) is 36.4 Å². The van der Waals surface area contributed by atoms with Crippen LogP contribution in [-0.4, -0.2) is 52.7 Å². The fourth-order valence-corrected chi connectivity index (χ4v) is 7.41. The van der Waals surface area contributed by atoms with E-state index in [0.29, 0.717) is 48.3 Å². The molecule has 7 rings (SSSR count). The van der Waals surface area contributed by atoms with Crippen molar-refractivity contribution in [2.24, 2.45) is 4.99 Å². The minimum absolute atomic E-state index is 0.165. The van der Waals surface area contributed by atoms with Crippen LogP contribution in [0.4, 0.5) is 22.1 Å². The van der Waals surface area contributed by atoms with E-state index in [1.165, 1.54) is 11.3 Å². The summed E-state index contributed by atoms with van der Waals surface area (Å²) in [7, 11) is 0. The first-order chi connectivity index (χ1) is 23.5. The molecule has 48 heavy (non-hydrogen) atoms. The zero-order chi connectivity index (χ0) is 32.9. The highest BCUT2D eigenvalue weighted by Crippen LogP contribution is 2.37. The van der Waals surface area contributed by atoms with Crippen molar-refractivity contribution in [2.45, 2.75) is 24.5 Å². The number of nitrogens with two attached hydrogens (primary N) is 1. The molecular weight excluding hydrogens is 645 g/mol. The number of nitrogens with one attached hydrogen (secondary N) is 1. The summed E-state index contributed by atoms with van der Waals surface area (Å²) in [6.07, 6.45) is 3.80. The number of carbonyl (C=O) groups is 1. The third kappa shape index (κ3) is 7.10. The van der Waals surface area contributed by atoms with Gasteiger partial charge in [-0.25, -0.2) is 14.8 Å². The molecule has 0 aliphatic carbocycles. The Morgan fingerprint density at radius 2 is 1.94 bits per heavy atom. The standard InChI is InChI=1S/C35H30N8O3S2/c36-19-25(33-40-26-3-1-2-4-29(26)48-33)17-24-9-10-28-30(18-24)47-16-14-43(28)13-15-45-35(44)39-20-22-5-7-23(8-6-22)21-46-32-31-27(11-12-38-31)41-34(37)42-32/h1-10,12,17-18H,11,13-16,20-21H2,(H,39,44)(H2,37,41,42)/b25-17+. The third-order valence-corrected chi connectivity index (χ3v) is 9.87. The lowest BCUT2D eigenvalue weighted by Gasteiger charge is -2.30. The van der Waals surface area contributed by atoms with Crippen LogP contribution in [0.2, 0.25) is 0 Å². The summed E-state index contributed by atoms with van der Waals surface area (Å²) in [5, 5.41) is 13.4. The van der Waals surface area contributed by atoms with Gasteiger partial charge in [0.25, 0.3) is 0 Å². The van der Waals surface area contributed by atoms with Crippen LogP contribution in [0.15, 0.2) is 76.6 Å². The van der Waals surface area contributed by atoms with Crippen molar-refractivity contribution in [3.05, 3.63) is 94.1 Å². The molecule has 11 nitrogen and oxygen atoms in total. The fourth-order valence-electron chi connectivity index (χ4n) is 5.38. The van der Waals surface area contributed by atoms with Crippen LogP contribution in [0.1, 0.15) is 27.4 Å². The highest BCUT2D eigenvalue weighted by Gasteiger charge is 2.19. The Balaban J connectivity index is 0.883. The van der Waals surface area contributed by atoms with Crippen LogP contribution in [-0.2, 0) is 24.3 Å². The molecule has 0 bridgehead atoms. The Labute approximate surface area is 285 Å². The summed E-state index contributed by atoms with van der Waals surface area (Å²) < 4.78 is 12.4. The topological polar surface area (TPSA) is 152 Å². The maximum absolute atomic E-state index is 12.5. The number of hydrogen-bond donors (Lipinski definition) is 2. The summed E-state index contributed by atoms with van der Waals surface area (Å²) in [6.45, 7) is 2.32. The Hall–Kier alpha value is -5.45. The van der Waals surface area contributed by atoms with E-state index in [0.717, 1.165) is 55.5 Å². The monoisotopic (exact) mass is 674 g/mol. The predicted octanol–water partition coefficient (Wildman–Crippen LogP) is 6.41. The first-order valence-corrected chi connectivity index (χ1v) is 17.1. The number of carbonyl (C=O) groups excluding carboxylic acids is 1. The quantitative estimate of drug-likeness (QED) is 0.159. The lowest BCUT2D eigenvalue weighted by atomic mass is 10.1. The molecule has 240 valence electrons. The molecule has 0 radical (unpaired) electrons. The minimum atomic E-state index is -0.468. The van der Waals surface area contributed by atoms with Gasteiger partial charge in [-0.15, -0.1) is 23.1 Å². The van der Waals surface area contributed by atoms with E-state index < -0.39 is 6.09 Å². The Kier molecular flexibility index (Phi) is 9.17. The zero-order valence-corrected chi connectivity index (χ0v) is 27.4. The summed E-state index contributed by atoms with van der Waals surface area (Å²) in [6, 6.07) is 24.1. The van der Waals surface area contributed by atoms with E-state index in [9.17, 15) is 10.1 Å². The van der Waals surface area contributed by atoms with Gasteiger partial charge in [-0.2, -0.15) is 10.2 Å². The lowest BCUT2D eigenvalue weighted by molar-refractivity contribution is 0.148. The second-order valence-corrected chi connectivity index (χ2v) is 13.2. The first kappa shape index (κ1) is 31.2. The van der Waals surface area contributed by atoms with E-state index in [1.807, 2.05) is 60.7 Å². The summed E-state index contributed by atoms with van der Waals surface area (Å²) in [4.78, 5) is 33.1. The Morgan fingerprint density at radius 3 is 2.79 bits per heavy atom. The summed E-state index contributed by atoms with van der Waals surface area (Å²) in [5.41, 5.74) is 12.5. The number of thioether (sulfide) groups is 1. The van der Waals surface area contributed by atoms with Crippen molar-refractivity contribution in [3.8, 4) is 11.9 Å². The van der Waals surface area contributed by atoms with Crippen LogP contribution in [0, 0.1) is 11.3 Å². The maximum atomic E-state index is 12.5. The van der Waals surface area contributed by atoms with E-state index in [1.54, 1.807) is 18.0 Å². The molecule has 3 N–H and O–H groups in total. The van der Waals surface area contributed by atoms with Crippen LogP contribution < -0.4 is 20.7 Å². The normalized spacial score (nSPS) is 13.6. The van der Waals surface area contributed by atoms with Gasteiger partial charge in [0.05, 0.1) is 33.7 Å². The minimum Gasteiger partial charge on any atom is -0.471 e. The first-order valence-electron chi connectivity index (χ1n) is 15.3. The molecule has 0 saturated heterocycles. The predicted molar refractivity (Wildman–Crippen MR) is 190 cm³/mol. The number of rotatable bonds is 10. The molecule has 5 aromatic rings. The molecule has 0 spiro atoms. The number of benzene rings is 3. The number of ether oxygens (including phenoxy) is 2. The highest BCUT2D eigenvalue weighted by atomic mass is 32.2. The highest BCUT2D eigenvalue weighted by molar-refractivity contribution is 7.99. The zero-order valence-electron chi connectivity index (χ0n) is 25.8. The largest absolute Gasteiger partial charge is 0.471 e. The maximum Gasteiger partial charge on any atom is 0.407 e. The number of thiazole rings is 1. The van der Waals surface area contributed by atoms with Crippen LogP contribution in [0.5, 0.6) is 5.88 Å². The van der Waals surface area contributed by atoms with Gasteiger partial charge >= 0.3 is 6.09 Å². The van der Waals surface area contributed by atoms with E-state index in [-0.39, 0.29) is 12.6 Å². The van der Waals surface area contributed by atoms with Crippen LogP contribution in [0.3, 0.4) is 0 Å². The number of para-hydroxylation sites is 1. The van der Waals surface area contributed by atoms with E-state index >= 15 is 0 Å². The van der Waals surface area contributed by atoms with Gasteiger partial charge in [0.2, 0.25) is 11.8 Å². The average Bonchev–Trinajstić information content (AvgIpc) is 3.76. The molecule has 2 aliphatic heterocycles. The fraction of sp³-hybridized carbons (Fsp3) is 0.200. The molecule has 13 heteroatoms. The molecule has 0 atom stereocenters. The van der Waals surface area contributed by atoms with E-state index in [2.05, 4.69) is 48.4 Å². The molecular formula is C35H30N8O3S2. The SMILES string of the molecule is N#C/C(=C\c1ccc2c(c1)SCCN2CCOC(=O)NCc1ccc(COc2nc(N)nc3c2N=CC3)cc1)c1nc2ccccc2s1. The summed E-state index contributed by atoms with van der Waals surface area (Å²) >= 11 is 3.30. The molecule has 1 amide bonds. The Bertz CT molecular complexity index is 2060. The molecule has 0 fully saturated rings. The van der Waals surface area contributed by atoms with Gasteiger partial charge in [0.1, 0.15) is 30.0 Å². The third-order valence-electron chi connectivity index (χ3n) is 7.78. The van der Waals surface area contributed by atoms with Crippen molar-refractivity contribution < 1.29 is 14.3 Å². The van der Waals surface area contributed by atoms with Gasteiger partial charge in [0.15, 0.2) is 0 Å². The number of nitrogens with zero attached hydrogens (tertiary/aromatic N) is 6. The Morgan fingerprint density at radius 1 is 1.08 bits per heavy atom. The van der Waals surface area contributed by atoms with Gasteiger partial charge in [-0.05, 0) is 47.0 Å². The molecule has 0 saturated carbocycles. The smallest absolute Gasteiger partial charge is 0.407 e. The second kappa shape index (κ2) is 14.1. The van der Waals surface area contributed by atoms with Crippen molar-refractivity contribution >= 4 is 74.6 Å². The number of aliphatic imine (C=N–C) groups is 1. The number of aromatic nitrogens is 3. The van der Waals surface area contributed by atoms with Gasteiger partial charge in [-0.3, -0.25) is 4.99 Å². The van der Waals surface area contributed by atoms with Gasteiger partial charge in [-0.1, -0.05) is 42.5 Å². The number of fused-ring (bicyclic) bond motifs is 3. The van der Waals surface area contributed by atoms with Crippen molar-refractivity contribution in [1.29, 1.82) is 5.26 Å². The number of amides is 1. The number of hydrogen-bond acceptors (Lipinski definition) is 12. The lowest BCUT2D eigenvalue weighted by Crippen LogP contribution is -2.34. The van der Waals surface area contributed by atoms with Crippen LogP contribution >= 0.6 is 23.1 Å². The molecule has 0 unspecified atom stereocenters. The number of allylic oxidation sites excluding steroid dienone is 1. The van der Waals surface area contributed by atoms with Crippen molar-refractivity contribution in [2.75, 3.05) is 36.1 Å². The number of nitriles is 1. The van der Waals surface area contributed by atoms with Gasteiger partial charge < -0.3 is 25.4 Å². The molecule has 3 aromatic carbocycles. The van der Waals surface area contributed by atoms with Crippen molar-refractivity contribution in [3.63, 3.8) is 0 Å². The second-order valence-electron chi connectivity index (χ2n) is 11.0. The molecule has 2 aromatic heterocycles. The molecule has 2 aliphatic rings. The number of nitrogen functional groups attached to an aromatic ring is 1. The number of alkyl carbamates (subject to hydrolysis) is 1. The average molecular weight is 675 g/mol. The van der Waals surface area contributed by atoms with E-state index in [4.69, 9.17) is 15.2 Å². The number of anilines is 2. The summed E-state index contributed by atoms with van der Waals surface area (Å²) in [5.74, 6) is 1.46. The molecule has 4 heterocycles.